The van der Waals surface area contributed by atoms with Crippen molar-refractivity contribution in [1.29, 1.82) is 0 Å². The van der Waals surface area contributed by atoms with Gasteiger partial charge >= 0.3 is 0 Å². The molecule has 3 aromatic rings. The molecule has 25 heavy (non-hydrogen) atoms. The summed E-state index contributed by atoms with van der Waals surface area (Å²) >= 11 is 1.53. The molecule has 0 saturated carbocycles. The number of nitrogens with one attached hydrogen (secondary N) is 1. The van der Waals surface area contributed by atoms with Gasteiger partial charge < -0.3 is 5.32 Å². The molecule has 130 valence electrons. The van der Waals surface area contributed by atoms with E-state index in [-0.39, 0.29) is 5.75 Å². The van der Waals surface area contributed by atoms with Gasteiger partial charge in [-0.1, -0.05) is 60.7 Å². The summed E-state index contributed by atoms with van der Waals surface area (Å²) in [6.45, 7) is 2.22. The average molecular weight is 374 g/mol. The van der Waals surface area contributed by atoms with Crippen molar-refractivity contribution < 1.29 is 8.42 Å². The Morgan fingerprint density at radius 1 is 0.960 bits per heavy atom. The lowest BCUT2D eigenvalue weighted by Gasteiger charge is -2.05. The maximum atomic E-state index is 11.8. The quantitative estimate of drug-likeness (QED) is 0.686. The van der Waals surface area contributed by atoms with E-state index in [9.17, 15) is 8.42 Å². The van der Waals surface area contributed by atoms with Gasteiger partial charge in [-0.2, -0.15) is 0 Å². The molecular formula is C18H19N3O2S2. The monoisotopic (exact) mass is 373 g/mol. The van der Waals surface area contributed by atoms with Crippen LogP contribution in [-0.2, 0) is 22.8 Å². The van der Waals surface area contributed by atoms with Gasteiger partial charge in [0.15, 0.2) is 9.84 Å². The molecule has 1 aromatic heterocycles. The Labute approximate surface area is 151 Å². The standard InChI is InChI=1S/C18H19N3O2S2/c1-2-25(22,23)16-10-8-15(9-11-16)13-19-18-21-20-17(24-18)12-14-6-4-3-5-7-14/h3-11H,2,12-13H2,1H3,(H,19,21). The first kappa shape index (κ1) is 17.6. The zero-order valence-corrected chi connectivity index (χ0v) is 15.5. The Kier molecular flexibility index (Phi) is 5.45. The fraction of sp³-hybridized carbons (Fsp3) is 0.222. The number of anilines is 1. The molecule has 0 atom stereocenters. The van der Waals surface area contributed by atoms with Crippen LogP contribution in [0.2, 0.25) is 0 Å². The van der Waals surface area contributed by atoms with Gasteiger partial charge in [-0.25, -0.2) is 8.42 Å². The van der Waals surface area contributed by atoms with Crippen LogP contribution in [0.1, 0.15) is 23.1 Å². The lowest BCUT2D eigenvalue weighted by molar-refractivity contribution is 0.597. The van der Waals surface area contributed by atoms with Crippen LogP contribution in [0.25, 0.3) is 0 Å². The Bertz CT molecular complexity index is 920. The molecule has 1 heterocycles. The first-order valence-electron chi connectivity index (χ1n) is 7.98. The van der Waals surface area contributed by atoms with Gasteiger partial charge in [0.2, 0.25) is 5.13 Å². The molecule has 0 spiro atoms. The molecule has 0 bridgehead atoms. The summed E-state index contributed by atoms with van der Waals surface area (Å²) in [6.07, 6.45) is 0.768. The molecule has 0 aliphatic heterocycles. The molecule has 0 aliphatic carbocycles. The highest BCUT2D eigenvalue weighted by Gasteiger charge is 2.11. The molecule has 0 fully saturated rings. The van der Waals surface area contributed by atoms with Crippen LogP contribution in [0.3, 0.4) is 0 Å². The fourth-order valence-corrected chi connectivity index (χ4v) is 3.98. The van der Waals surface area contributed by atoms with Crippen molar-refractivity contribution in [1.82, 2.24) is 10.2 Å². The van der Waals surface area contributed by atoms with Crippen molar-refractivity contribution in [3.8, 4) is 0 Å². The van der Waals surface area contributed by atoms with Gasteiger partial charge in [-0.3, -0.25) is 0 Å². The molecule has 2 aromatic carbocycles. The van der Waals surface area contributed by atoms with E-state index in [4.69, 9.17) is 0 Å². The van der Waals surface area contributed by atoms with E-state index in [0.717, 1.165) is 22.1 Å². The highest BCUT2D eigenvalue weighted by Crippen LogP contribution is 2.19. The van der Waals surface area contributed by atoms with Gasteiger partial charge in [0.1, 0.15) is 5.01 Å². The summed E-state index contributed by atoms with van der Waals surface area (Å²) in [7, 11) is -3.15. The van der Waals surface area contributed by atoms with E-state index in [0.29, 0.717) is 11.4 Å². The zero-order valence-electron chi connectivity index (χ0n) is 13.8. The molecular weight excluding hydrogens is 354 g/mol. The van der Waals surface area contributed by atoms with E-state index in [2.05, 4.69) is 27.6 Å². The lowest BCUT2D eigenvalue weighted by atomic mass is 10.2. The summed E-state index contributed by atoms with van der Waals surface area (Å²) in [5.74, 6) is 0.111. The predicted octanol–water partition coefficient (Wildman–Crippen LogP) is 3.53. The summed E-state index contributed by atoms with van der Waals surface area (Å²) < 4.78 is 23.6. The molecule has 0 unspecified atom stereocenters. The van der Waals surface area contributed by atoms with Crippen molar-refractivity contribution in [3.05, 3.63) is 70.7 Å². The molecule has 0 saturated heterocycles. The van der Waals surface area contributed by atoms with E-state index in [1.807, 2.05) is 30.3 Å². The maximum absolute atomic E-state index is 11.8. The van der Waals surface area contributed by atoms with Crippen molar-refractivity contribution in [2.45, 2.75) is 24.8 Å². The minimum atomic E-state index is -3.15. The number of nitrogens with zero attached hydrogens (tertiary/aromatic N) is 2. The van der Waals surface area contributed by atoms with Crippen LogP contribution in [0, 0.1) is 0 Å². The molecule has 1 N–H and O–H groups in total. The normalized spacial score (nSPS) is 11.4. The number of benzene rings is 2. The number of hydrogen-bond donors (Lipinski definition) is 1. The van der Waals surface area contributed by atoms with Gasteiger partial charge in [-0.15, -0.1) is 10.2 Å². The van der Waals surface area contributed by atoms with Crippen molar-refractivity contribution in [2.24, 2.45) is 0 Å². The summed E-state index contributed by atoms with van der Waals surface area (Å²) in [4.78, 5) is 0.361. The maximum Gasteiger partial charge on any atom is 0.205 e. The van der Waals surface area contributed by atoms with Crippen LogP contribution in [0.4, 0.5) is 5.13 Å². The first-order valence-corrected chi connectivity index (χ1v) is 10.5. The van der Waals surface area contributed by atoms with Crippen molar-refractivity contribution in [3.63, 3.8) is 0 Å². The first-order chi connectivity index (χ1) is 12.1. The Balaban J connectivity index is 1.59. The summed E-state index contributed by atoms with van der Waals surface area (Å²) in [6, 6.07) is 17.1. The Hall–Kier alpha value is -2.25. The van der Waals surface area contributed by atoms with Gasteiger partial charge in [0.25, 0.3) is 0 Å². The van der Waals surface area contributed by atoms with Crippen molar-refractivity contribution in [2.75, 3.05) is 11.1 Å². The van der Waals surface area contributed by atoms with Crippen LogP contribution < -0.4 is 5.32 Å². The number of sulfone groups is 1. The topological polar surface area (TPSA) is 72.0 Å². The highest BCUT2D eigenvalue weighted by molar-refractivity contribution is 7.91. The summed E-state index contributed by atoms with van der Waals surface area (Å²) in [5.41, 5.74) is 2.20. The number of aromatic nitrogens is 2. The highest BCUT2D eigenvalue weighted by atomic mass is 32.2. The third-order valence-electron chi connectivity index (χ3n) is 3.77. The van der Waals surface area contributed by atoms with Crippen LogP contribution in [0.5, 0.6) is 0 Å². The third-order valence-corrected chi connectivity index (χ3v) is 6.40. The molecule has 5 nitrogen and oxygen atoms in total. The minimum Gasteiger partial charge on any atom is -0.356 e. The van der Waals surface area contributed by atoms with Gasteiger partial charge in [0.05, 0.1) is 10.6 Å². The minimum absolute atomic E-state index is 0.111. The average Bonchev–Trinajstić information content (AvgIpc) is 3.08. The second kappa shape index (κ2) is 7.76. The van der Waals surface area contributed by atoms with E-state index < -0.39 is 9.84 Å². The molecule has 0 radical (unpaired) electrons. The second-order valence-corrected chi connectivity index (χ2v) is 8.90. The molecule has 0 amide bonds. The number of hydrogen-bond acceptors (Lipinski definition) is 6. The van der Waals surface area contributed by atoms with E-state index in [1.54, 1.807) is 19.1 Å². The van der Waals surface area contributed by atoms with Crippen LogP contribution in [-0.4, -0.2) is 24.4 Å². The molecule has 7 heteroatoms. The van der Waals surface area contributed by atoms with E-state index in [1.165, 1.54) is 16.9 Å². The number of rotatable bonds is 7. The molecule has 0 aliphatic rings. The zero-order chi connectivity index (χ0) is 17.7. The third kappa shape index (κ3) is 4.64. The smallest absolute Gasteiger partial charge is 0.205 e. The summed E-state index contributed by atoms with van der Waals surface area (Å²) in [5, 5.41) is 13.3. The Morgan fingerprint density at radius 3 is 2.36 bits per heavy atom. The Morgan fingerprint density at radius 2 is 1.68 bits per heavy atom. The van der Waals surface area contributed by atoms with E-state index >= 15 is 0 Å². The largest absolute Gasteiger partial charge is 0.356 e. The SMILES string of the molecule is CCS(=O)(=O)c1ccc(CNc2nnc(Cc3ccccc3)s2)cc1. The lowest BCUT2D eigenvalue weighted by Crippen LogP contribution is -2.04. The second-order valence-electron chi connectivity index (χ2n) is 5.56. The van der Waals surface area contributed by atoms with Gasteiger partial charge in [0, 0.05) is 13.0 Å². The van der Waals surface area contributed by atoms with Crippen molar-refractivity contribution >= 4 is 26.3 Å². The van der Waals surface area contributed by atoms with Gasteiger partial charge in [-0.05, 0) is 23.3 Å². The fourth-order valence-electron chi connectivity index (χ4n) is 2.33. The van der Waals surface area contributed by atoms with Crippen LogP contribution in [0.15, 0.2) is 59.5 Å². The predicted molar refractivity (Wildman–Crippen MR) is 101 cm³/mol. The van der Waals surface area contributed by atoms with Crippen LogP contribution >= 0.6 is 11.3 Å². The molecule has 3 rings (SSSR count).